The molecule has 17 heavy (non-hydrogen) atoms. The molecule has 2 atom stereocenters. The standard InChI is InChI=1S/C11H14ClIO3S/c1-3-17(15,16)11(12,13)10(14)9-7-5-4-6-8(9)2/h4-7,10,14H,3H2,1-2H3/t10-,11+/m0/s1. The second-order valence-corrected chi connectivity index (χ2v) is 10.1. The maximum atomic E-state index is 11.8. The molecule has 0 bridgehead atoms. The van der Waals surface area contributed by atoms with Gasteiger partial charge in [0.25, 0.3) is 0 Å². The van der Waals surface area contributed by atoms with Gasteiger partial charge in [-0.2, -0.15) is 0 Å². The van der Waals surface area contributed by atoms with E-state index in [2.05, 4.69) is 0 Å². The Morgan fingerprint density at radius 3 is 2.47 bits per heavy atom. The molecule has 0 aromatic heterocycles. The topological polar surface area (TPSA) is 54.4 Å². The fourth-order valence-corrected chi connectivity index (χ4v) is 4.00. The van der Waals surface area contributed by atoms with Gasteiger partial charge in [0, 0.05) is 0 Å². The van der Waals surface area contributed by atoms with Crippen LogP contribution in [0.2, 0.25) is 0 Å². The number of sulfone groups is 1. The van der Waals surface area contributed by atoms with Crippen LogP contribution in [0.5, 0.6) is 0 Å². The molecule has 96 valence electrons. The lowest BCUT2D eigenvalue weighted by Crippen LogP contribution is -2.34. The molecule has 0 unspecified atom stereocenters. The van der Waals surface area contributed by atoms with E-state index in [0.29, 0.717) is 5.56 Å². The minimum absolute atomic E-state index is 0.109. The Balaban J connectivity index is 3.23. The van der Waals surface area contributed by atoms with Crippen molar-refractivity contribution in [3.63, 3.8) is 0 Å². The molecule has 0 saturated heterocycles. The predicted octanol–water partition coefficient (Wildman–Crippen LogP) is 2.79. The van der Waals surface area contributed by atoms with Gasteiger partial charge in [-0.25, -0.2) is 8.42 Å². The Kier molecular flexibility index (Phi) is 4.85. The van der Waals surface area contributed by atoms with E-state index in [1.807, 2.05) is 6.07 Å². The van der Waals surface area contributed by atoms with Crippen LogP contribution in [-0.2, 0) is 9.84 Å². The molecule has 3 nitrogen and oxygen atoms in total. The lowest BCUT2D eigenvalue weighted by atomic mass is 10.0. The second kappa shape index (κ2) is 5.42. The average molecular weight is 389 g/mol. The van der Waals surface area contributed by atoms with E-state index >= 15 is 0 Å². The lowest BCUT2D eigenvalue weighted by molar-refractivity contribution is 0.187. The van der Waals surface area contributed by atoms with Gasteiger partial charge in [0.2, 0.25) is 2.21 Å². The van der Waals surface area contributed by atoms with Crippen molar-refractivity contribution in [2.45, 2.75) is 22.2 Å². The minimum atomic E-state index is -3.56. The largest absolute Gasteiger partial charge is 0.385 e. The number of aliphatic hydroxyl groups is 1. The third-order valence-corrected chi connectivity index (χ3v) is 7.92. The highest BCUT2D eigenvalue weighted by molar-refractivity contribution is 14.1. The summed E-state index contributed by atoms with van der Waals surface area (Å²) < 4.78 is 22.0. The minimum Gasteiger partial charge on any atom is -0.385 e. The van der Waals surface area contributed by atoms with Gasteiger partial charge in [0.1, 0.15) is 6.10 Å². The fraction of sp³-hybridized carbons (Fsp3) is 0.455. The first-order chi connectivity index (χ1) is 7.74. The van der Waals surface area contributed by atoms with E-state index in [4.69, 9.17) is 11.6 Å². The van der Waals surface area contributed by atoms with Gasteiger partial charge in [0.05, 0.1) is 5.75 Å². The van der Waals surface area contributed by atoms with Gasteiger partial charge in [-0.05, 0) is 40.6 Å². The van der Waals surface area contributed by atoms with Crippen LogP contribution in [0.4, 0.5) is 0 Å². The number of alkyl halides is 2. The molecule has 0 heterocycles. The first-order valence-corrected chi connectivity index (χ1v) is 8.18. The molecule has 0 fully saturated rings. The van der Waals surface area contributed by atoms with Crippen LogP contribution in [-0.4, -0.2) is 21.5 Å². The Labute approximate surface area is 120 Å². The maximum Gasteiger partial charge on any atom is 0.225 e. The molecule has 1 rings (SSSR count). The molecular formula is C11H14ClIO3S. The predicted molar refractivity (Wildman–Crippen MR) is 78.2 cm³/mol. The number of aliphatic hydroxyl groups excluding tert-OH is 1. The van der Waals surface area contributed by atoms with Crippen LogP contribution >= 0.6 is 34.2 Å². The zero-order chi connectivity index (χ0) is 13.3. The van der Waals surface area contributed by atoms with Crippen LogP contribution in [0.15, 0.2) is 24.3 Å². The Hall–Kier alpha value is 0.150. The van der Waals surface area contributed by atoms with Gasteiger partial charge in [-0.3, -0.25) is 0 Å². The number of hydrogen-bond donors (Lipinski definition) is 1. The molecule has 6 heteroatoms. The summed E-state index contributed by atoms with van der Waals surface area (Å²) in [6.07, 6.45) is -1.25. The maximum absolute atomic E-state index is 11.8. The fourth-order valence-electron chi connectivity index (χ4n) is 1.44. The number of hydrogen-bond acceptors (Lipinski definition) is 3. The van der Waals surface area contributed by atoms with Gasteiger partial charge < -0.3 is 5.11 Å². The van der Waals surface area contributed by atoms with Crippen molar-refractivity contribution < 1.29 is 13.5 Å². The third-order valence-electron chi connectivity index (χ3n) is 2.60. The highest BCUT2D eigenvalue weighted by Crippen LogP contribution is 2.44. The molecule has 0 aliphatic carbocycles. The second-order valence-electron chi connectivity index (χ2n) is 3.72. The molecule has 0 aliphatic heterocycles. The monoisotopic (exact) mass is 388 g/mol. The summed E-state index contributed by atoms with van der Waals surface area (Å²) in [7, 11) is -3.56. The molecule has 1 N–H and O–H groups in total. The Morgan fingerprint density at radius 1 is 1.47 bits per heavy atom. The summed E-state index contributed by atoms with van der Waals surface area (Å²) in [6.45, 7) is 3.32. The summed E-state index contributed by atoms with van der Waals surface area (Å²) in [5, 5.41) is 10.2. The first-order valence-electron chi connectivity index (χ1n) is 5.07. The molecule has 0 amide bonds. The van der Waals surface area contributed by atoms with Crippen LogP contribution in [0, 0.1) is 6.92 Å². The normalized spacial score (nSPS) is 17.5. The summed E-state index contributed by atoms with van der Waals surface area (Å²) in [5.74, 6) is -0.109. The quantitative estimate of drug-likeness (QED) is 0.637. The van der Waals surface area contributed by atoms with Gasteiger partial charge in [-0.15, -0.1) is 0 Å². The summed E-state index contributed by atoms with van der Waals surface area (Å²) in [5.41, 5.74) is 1.35. The van der Waals surface area contributed by atoms with Crippen LogP contribution in [0.3, 0.4) is 0 Å². The average Bonchev–Trinajstić information content (AvgIpc) is 2.28. The summed E-state index contributed by atoms with van der Waals surface area (Å²) >= 11 is 7.63. The highest BCUT2D eigenvalue weighted by atomic mass is 127. The van der Waals surface area contributed by atoms with Crippen molar-refractivity contribution in [2.24, 2.45) is 0 Å². The van der Waals surface area contributed by atoms with E-state index in [-0.39, 0.29) is 5.75 Å². The van der Waals surface area contributed by atoms with Crippen LogP contribution < -0.4 is 0 Å². The van der Waals surface area contributed by atoms with Crippen molar-refractivity contribution in [3.8, 4) is 0 Å². The SMILES string of the molecule is CCS(=O)(=O)[C@](Cl)(I)[C@@H](O)c1ccccc1C. The number of benzene rings is 1. The van der Waals surface area contributed by atoms with Crippen molar-refractivity contribution in [1.82, 2.24) is 0 Å². The van der Waals surface area contributed by atoms with Crippen LogP contribution in [0.1, 0.15) is 24.2 Å². The summed E-state index contributed by atoms with van der Waals surface area (Å²) in [6, 6.07) is 7.05. The van der Waals surface area contributed by atoms with E-state index < -0.39 is 18.2 Å². The van der Waals surface area contributed by atoms with E-state index in [0.717, 1.165) is 5.56 Å². The Bertz CT molecular complexity index is 499. The molecule has 0 saturated carbocycles. The van der Waals surface area contributed by atoms with E-state index in [9.17, 15) is 13.5 Å². The van der Waals surface area contributed by atoms with E-state index in [1.54, 1.807) is 47.7 Å². The molecule has 1 aromatic rings. The van der Waals surface area contributed by atoms with Gasteiger partial charge >= 0.3 is 0 Å². The smallest absolute Gasteiger partial charge is 0.225 e. The molecule has 0 radical (unpaired) electrons. The van der Waals surface area contributed by atoms with Gasteiger partial charge in [-0.1, -0.05) is 42.8 Å². The van der Waals surface area contributed by atoms with Crippen molar-refractivity contribution in [3.05, 3.63) is 35.4 Å². The molecular weight excluding hydrogens is 375 g/mol. The van der Waals surface area contributed by atoms with Gasteiger partial charge in [0.15, 0.2) is 9.84 Å². The number of rotatable bonds is 4. The van der Waals surface area contributed by atoms with E-state index in [1.165, 1.54) is 6.92 Å². The number of aryl methyl sites for hydroxylation is 1. The Morgan fingerprint density at radius 2 is 2.00 bits per heavy atom. The lowest BCUT2D eigenvalue weighted by Gasteiger charge is -2.26. The zero-order valence-electron chi connectivity index (χ0n) is 9.52. The van der Waals surface area contributed by atoms with Crippen molar-refractivity contribution in [1.29, 1.82) is 0 Å². The first kappa shape index (κ1) is 15.2. The molecule has 0 spiro atoms. The molecule has 1 aromatic carbocycles. The highest BCUT2D eigenvalue weighted by Gasteiger charge is 2.46. The zero-order valence-corrected chi connectivity index (χ0v) is 13.3. The van der Waals surface area contributed by atoms with Crippen molar-refractivity contribution >= 4 is 44.0 Å². The van der Waals surface area contributed by atoms with Crippen LogP contribution in [0.25, 0.3) is 0 Å². The summed E-state index contributed by atoms with van der Waals surface area (Å²) in [4.78, 5) is 0. The van der Waals surface area contributed by atoms with Crippen molar-refractivity contribution in [2.75, 3.05) is 5.75 Å². The molecule has 0 aliphatic rings. The number of halogens is 2. The third kappa shape index (κ3) is 2.94.